The Bertz CT molecular complexity index is 706. The van der Waals surface area contributed by atoms with E-state index in [9.17, 15) is 9.59 Å². The van der Waals surface area contributed by atoms with Gasteiger partial charge in [-0.25, -0.2) is 9.78 Å². The molecule has 3 N–H and O–H groups in total. The molecule has 2 aromatic rings. The highest BCUT2D eigenvalue weighted by atomic mass is 32.2. The maximum Gasteiger partial charge on any atom is 0.328 e. The van der Waals surface area contributed by atoms with Crippen molar-refractivity contribution < 1.29 is 14.3 Å². The molecule has 26 heavy (non-hydrogen) atoms. The van der Waals surface area contributed by atoms with E-state index in [0.29, 0.717) is 25.1 Å². The summed E-state index contributed by atoms with van der Waals surface area (Å²) < 4.78 is 4.78. The number of carbonyl (C=O) groups is 2. The Morgan fingerprint density at radius 3 is 2.88 bits per heavy atom. The Labute approximate surface area is 157 Å². The summed E-state index contributed by atoms with van der Waals surface area (Å²) in [5.74, 6) is 0.0548. The summed E-state index contributed by atoms with van der Waals surface area (Å²) in [5, 5.41) is 6.05. The Balaban J connectivity index is 1.93. The third-order valence-corrected chi connectivity index (χ3v) is 4.43. The van der Waals surface area contributed by atoms with Crippen LogP contribution < -0.4 is 10.6 Å². The van der Waals surface area contributed by atoms with Crippen LogP contribution in [-0.2, 0) is 22.6 Å². The summed E-state index contributed by atoms with van der Waals surface area (Å²) in [5.41, 5.74) is 2.49. The zero-order valence-corrected chi connectivity index (χ0v) is 15.8. The molecule has 1 heterocycles. The maximum atomic E-state index is 12.5. The monoisotopic (exact) mass is 376 g/mol. The van der Waals surface area contributed by atoms with Gasteiger partial charge in [0, 0.05) is 30.5 Å². The van der Waals surface area contributed by atoms with Crippen LogP contribution in [0.25, 0.3) is 0 Å². The molecule has 1 atom stereocenters. The fraction of sp³-hybridized carbons (Fsp3) is 0.389. The molecule has 0 saturated carbocycles. The van der Waals surface area contributed by atoms with Crippen molar-refractivity contribution in [2.75, 3.05) is 19.1 Å². The minimum Gasteiger partial charge on any atom is -0.467 e. The first-order chi connectivity index (χ1) is 12.6. The van der Waals surface area contributed by atoms with Crippen molar-refractivity contribution in [2.45, 2.75) is 25.6 Å². The van der Waals surface area contributed by atoms with Crippen molar-refractivity contribution in [1.82, 2.24) is 20.6 Å². The summed E-state index contributed by atoms with van der Waals surface area (Å²) in [6.07, 6.45) is 5.88. The lowest BCUT2D eigenvalue weighted by Crippen LogP contribution is -2.42. The number of esters is 1. The lowest BCUT2D eigenvalue weighted by atomic mass is 10.1. The highest BCUT2D eigenvalue weighted by molar-refractivity contribution is 7.98. The van der Waals surface area contributed by atoms with Gasteiger partial charge in [0.05, 0.1) is 13.4 Å². The van der Waals surface area contributed by atoms with Crippen LogP contribution in [-0.4, -0.2) is 47.0 Å². The lowest BCUT2D eigenvalue weighted by Gasteiger charge is -2.16. The number of thioether (sulfide) groups is 1. The largest absolute Gasteiger partial charge is 0.467 e. The second-order valence-corrected chi connectivity index (χ2v) is 6.70. The normalized spacial score (nSPS) is 11.8. The minimum atomic E-state index is -0.637. The average Bonchev–Trinajstić information content (AvgIpc) is 3.18. The third-order valence-electron chi connectivity index (χ3n) is 3.79. The van der Waals surface area contributed by atoms with Crippen LogP contribution in [0.5, 0.6) is 0 Å². The first-order valence-corrected chi connectivity index (χ1v) is 9.68. The molecule has 1 amide bonds. The number of H-pyrrole nitrogens is 1. The number of carbonyl (C=O) groups excluding carboxylic acids is 2. The van der Waals surface area contributed by atoms with E-state index in [1.54, 1.807) is 30.4 Å². The van der Waals surface area contributed by atoms with E-state index in [1.807, 2.05) is 24.5 Å². The number of rotatable bonds is 10. The molecule has 1 aromatic carbocycles. The standard InChI is InChI=1S/C18H24N4O3S/c1-25-18(24)16(6-7-26-2)22-17(23)14-5-3-4-13(8-14)9-19-10-15-11-20-12-21-15/h3-5,8,11-12,16,19H,6-7,9-10H2,1-2H3,(H,20,21)(H,22,23). The van der Waals surface area contributed by atoms with Gasteiger partial charge in [-0.15, -0.1) is 0 Å². The number of imidazole rings is 1. The van der Waals surface area contributed by atoms with Gasteiger partial charge in [-0.05, 0) is 36.1 Å². The summed E-state index contributed by atoms with van der Waals surface area (Å²) in [6.45, 7) is 1.28. The molecular weight excluding hydrogens is 352 g/mol. The number of amides is 1. The summed E-state index contributed by atoms with van der Waals surface area (Å²) in [6, 6.07) is 6.69. The Kier molecular flexibility index (Phi) is 8.17. The van der Waals surface area contributed by atoms with Crippen molar-refractivity contribution in [3.8, 4) is 0 Å². The van der Waals surface area contributed by atoms with E-state index < -0.39 is 12.0 Å². The van der Waals surface area contributed by atoms with Crippen LogP contribution >= 0.6 is 11.8 Å². The fourth-order valence-corrected chi connectivity index (χ4v) is 2.89. The van der Waals surface area contributed by atoms with Crippen LogP contribution in [0.4, 0.5) is 0 Å². The SMILES string of the molecule is COC(=O)C(CCSC)NC(=O)c1cccc(CNCc2cnc[nH]2)c1. The molecule has 0 aliphatic carbocycles. The number of nitrogens with one attached hydrogen (secondary N) is 3. The van der Waals surface area contributed by atoms with Crippen molar-refractivity contribution in [2.24, 2.45) is 0 Å². The number of hydrogen-bond acceptors (Lipinski definition) is 6. The molecule has 7 nitrogen and oxygen atoms in total. The quantitative estimate of drug-likeness (QED) is 0.547. The summed E-state index contributed by atoms with van der Waals surface area (Å²) in [7, 11) is 1.33. The van der Waals surface area contributed by atoms with Crippen molar-refractivity contribution in [3.05, 3.63) is 53.6 Å². The van der Waals surface area contributed by atoms with Crippen LogP contribution in [0.2, 0.25) is 0 Å². The smallest absolute Gasteiger partial charge is 0.328 e. The molecule has 0 bridgehead atoms. The molecule has 1 unspecified atom stereocenters. The van der Waals surface area contributed by atoms with Gasteiger partial charge >= 0.3 is 5.97 Å². The second kappa shape index (κ2) is 10.6. The molecule has 0 saturated heterocycles. The molecular formula is C18H24N4O3S. The molecule has 0 aliphatic heterocycles. The Hall–Kier alpha value is -2.32. The maximum absolute atomic E-state index is 12.5. The van der Waals surface area contributed by atoms with Gasteiger partial charge in [-0.2, -0.15) is 11.8 Å². The van der Waals surface area contributed by atoms with Crippen molar-refractivity contribution >= 4 is 23.6 Å². The first-order valence-electron chi connectivity index (χ1n) is 8.28. The zero-order chi connectivity index (χ0) is 18.8. The molecule has 8 heteroatoms. The highest BCUT2D eigenvalue weighted by Crippen LogP contribution is 2.08. The van der Waals surface area contributed by atoms with E-state index >= 15 is 0 Å². The van der Waals surface area contributed by atoms with Crippen molar-refractivity contribution in [1.29, 1.82) is 0 Å². The van der Waals surface area contributed by atoms with Crippen molar-refractivity contribution in [3.63, 3.8) is 0 Å². The van der Waals surface area contributed by atoms with E-state index in [4.69, 9.17) is 4.74 Å². The number of aromatic nitrogens is 2. The lowest BCUT2D eigenvalue weighted by molar-refractivity contribution is -0.142. The van der Waals surface area contributed by atoms with E-state index in [0.717, 1.165) is 17.0 Å². The van der Waals surface area contributed by atoms with E-state index in [2.05, 4.69) is 20.6 Å². The Morgan fingerprint density at radius 1 is 1.35 bits per heavy atom. The van der Waals surface area contributed by atoms with Gasteiger partial charge in [0.15, 0.2) is 0 Å². The van der Waals surface area contributed by atoms with Gasteiger partial charge < -0.3 is 20.4 Å². The number of nitrogens with zero attached hydrogens (tertiary/aromatic N) is 1. The molecule has 140 valence electrons. The minimum absolute atomic E-state index is 0.281. The average molecular weight is 376 g/mol. The molecule has 0 fully saturated rings. The van der Waals surface area contributed by atoms with Gasteiger partial charge in [0.2, 0.25) is 0 Å². The first kappa shape index (κ1) is 20.0. The molecule has 2 rings (SSSR count). The van der Waals surface area contributed by atoms with Crippen LogP contribution in [0.1, 0.15) is 28.0 Å². The predicted octanol–water partition coefficient (Wildman–Crippen LogP) is 1.72. The molecule has 0 radical (unpaired) electrons. The number of ether oxygens (including phenoxy) is 1. The van der Waals surface area contributed by atoms with Crippen LogP contribution in [0.15, 0.2) is 36.8 Å². The number of hydrogen-bond donors (Lipinski definition) is 3. The van der Waals surface area contributed by atoms with E-state index in [-0.39, 0.29) is 5.91 Å². The fourth-order valence-electron chi connectivity index (χ4n) is 2.41. The van der Waals surface area contributed by atoms with Crippen LogP contribution in [0, 0.1) is 0 Å². The highest BCUT2D eigenvalue weighted by Gasteiger charge is 2.21. The Morgan fingerprint density at radius 2 is 2.19 bits per heavy atom. The molecule has 0 aliphatic rings. The van der Waals surface area contributed by atoms with Gasteiger partial charge in [0.1, 0.15) is 6.04 Å². The molecule has 1 aromatic heterocycles. The molecule has 0 spiro atoms. The van der Waals surface area contributed by atoms with Crippen LogP contribution in [0.3, 0.4) is 0 Å². The van der Waals surface area contributed by atoms with E-state index in [1.165, 1.54) is 7.11 Å². The summed E-state index contributed by atoms with van der Waals surface area (Å²) in [4.78, 5) is 31.3. The number of aromatic amines is 1. The number of benzene rings is 1. The topological polar surface area (TPSA) is 96.1 Å². The van der Waals surface area contributed by atoms with Gasteiger partial charge in [0.25, 0.3) is 5.91 Å². The predicted molar refractivity (Wildman–Crippen MR) is 102 cm³/mol. The zero-order valence-electron chi connectivity index (χ0n) is 15.0. The van der Waals surface area contributed by atoms with Gasteiger partial charge in [-0.3, -0.25) is 4.79 Å². The summed E-state index contributed by atoms with van der Waals surface area (Å²) >= 11 is 1.62. The third kappa shape index (κ3) is 6.20. The second-order valence-electron chi connectivity index (χ2n) is 5.71. The number of methoxy groups -OCH3 is 1. The van der Waals surface area contributed by atoms with Gasteiger partial charge in [-0.1, -0.05) is 12.1 Å².